The fourth-order valence-electron chi connectivity index (χ4n) is 2.62. The molecule has 2 saturated heterocycles. The van der Waals surface area contributed by atoms with Crippen LogP contribution < -0.4 is 5.32 Å². The van der Waals surface area contributed by atoms with Crippen molar-refractivity contribution in [2.24, 2.45) is 17.3 Å². The molecule has 3 aliphatic rings. The van der Waals surface area contributed by atoms with Crippen LogP contribution in [-0.2, 0) is 4.79 Å². The summed E-state index contributed by atoms with van der Waals surface area (Å²) in [4.78, 5) is 11.2. The van der Waals surface area contributed by atoms with Crippen LogP contribution in [0.25, 0.3) is 0 Å². The molecule has 2 aliphatic heterocycles. The van der Waals surface area contributed by atoms with Gasteiger partial charge in [-0.15, -0.1) is 0 Å². The van der Waals surface area contributed by atoms with Crippen LogP contribution in [0.5, 0.6) is 0 Å². The zero-order valence-corrected chi connectivity index (χ0v) is 8.60. The summed E-state index contributed by atoms with van der Waals surface area (Å²) in [5.74, 6) is 1.46. The normalized spacial score (nSPS) is 37.2. The van der Waals surface area contributed by atoms with Gasteiger partial charge in [0.2, 0.25) is 5.91 Å². The van der Waals surface area contributed by atoms with Gasteiger partial charge in [0, 0.05) is 12.5 Å². The van der Waals surface area contributed by atoms with Gasteiger partial charge in [0.25, 0.3) is 0 Å². The van der Waals surface area contributed by atoms with Gasteiger partial charge >= 0.3 is 0 Å². The molecule has 2 heterocycles. The van der Waals surface area contributed by atoms with E-state index >= 15 is 0 Å². The first-order chi connectivity index (χ1) is 6.11. The molecule has 74 valence electrons. The molecule has 0 spiro atoms. The molecule has 0 aromatic rings. The van der Waals surface area contributed by atoms with Gasteiger partial charge < -0.3 is 5.32 Å². The lowest BCUT2D eigenvalue weighted by Crippen LogP contribution is -2.57. The summed E-state index contributed by atoms with van der Waals surface area (Å²) in [6, 6.07) is 0. The molecule has 0 aromatic heterocycles. The van der Waals surface area contributed by atoms with Crippen molar-refractivity contribution in [2.45, 2.75) is 39.5 Å². The average molecular weight is 181 g/mol. The summed E-state index contributed by atoms with van der Waals surface area (Å²) in [5, 5.41) is 3.01. The first kappa shape index (κ1) is 9.04. The van der Waals surface area contributed by atoms with E-state index in [9.17, 15) is 4.79 Å². The minimum Gasteiger partial charge on any atom is -0.355 e. The fourth-order valence-corrected chi connectivity index (χ4v) is 2.62. The van der Waals surface area contributed by atoms with Gasteiger partial charge in [0.05, 0.1) is 0 Å². The summed E-state index contributed by atoms with van der Waals surface area (Å²) >= 11 is 0. The van der Waals surface area contributed by atoms with Gasteiger partial charge in [-0.3, -0.25) is 4.79 Å². The van der Waals surface area contributed by atoms with Crippen LogP contribution in [0.2, 0.25) is 0 Å². The molecular weight excluding hydrogens is 162 g/mol. The monoisotopic (exact) mass is 181 g/mol. The number of hydrogen-bond donors (Lipinski definition) is 1. The van der Waals surface area contributed by atoms with E-state index in [2.05, 4.69) is 19.2 Å². The highest BCUT2D eigenvalue weighted by Gasteiger charge is 2.50. The largest absolute Gasteiger partial charge is 0.355 e. The highest BCUT2D eigenvalue weighted by atomic mass is 16.2. The number of nitrogens with one attached hydrogen (secondary N) is 1. The number of amides is 1. The van der Waals surface area contributed by atoms with Crippen LogP contribution >= 0.6 is 0 Å². The standard InChI is InChI=1S/C11H19NO/c1-8(2)3-4-11-5-9(6-11)10(13)12-7-11/h8-9H,3-7H2,1-2H3,(H,12,13). The third kappa shape index (κ3) is 1.59. The molecule has 2 bridgehead atoms. The molecule has 0 atom stereocenters. The molecule has 3 rings (SSSR count). The predicted octanol–water partition coefficient (Wildman–Crippen LogP) is 1.95. The molecule has 0 aromatic carbocycles. The maximum Gasteiger partial charge on any atom is 0.223 e. The topological polar surface area (TPSA) is 29.1 Å². The van der Waals surface area contributed by atoms with Crippen LogP contribution in [0.1, 0.15) is 39.5 Å². The van der Waals surface area contributed by atoms with Gasteiger partial charge in [0.15, 0.2) is 0 Å². The summed E-state index contributed by atoms with van der Waals surface area (Å²) in [7, 11) is 0. The van der Waals surface area contributed by atoms with Crippen LogP contribution in [0.15, 0.2) is 0 Å². The maximum atomic E-state index is 11.2. The summed E-state index contributed by atoms with van der Waals surface area (Å²) in [6.07, 6.45) is 4.93. The van der Waals surface area contributed by atoms with Gasteiger partial charge in [-0.2, -0.15) is 0 Å². The van der Waals surface area contributed by atoms with Crippen LogP contribution in [0.4, 0.5) is 0 Å². The van der Waals surface area contributed by atoms with Crippen molar-refractivity contribution in [3.63, 3.8) is 0 Å². The molecule has 13 heavy (non-hydrogen) atoms. The van der Waals surface area contributed by atoms with E-state index in [1.807, 2.05) is 0 Å². The number of piperidine rings is 2. The molecule has 0 radical (unpaired) electrons. The van der Waals surface area contributed by atoms with Crippen molar-refractivity contribution in [3.8, 4) is 0 Å². The van der Waals surface area contributed by atoms with E-state index in [1.165, 1.54) is 12.8 Å². The second kappa shape index (κ2) is 3.00. The Morgan fingerprint density at radius 3 is 2.69 bits per heavy atom. The molecule has 2 nitrogen and oxygen atoms in total. The minimum absolute atomic E-state index is 0.298. The van der Waals surface area contributed by atoms with E-state index in [4.69, 9.17) is 0 Å². The number of carbonyl (C=O) groups is 1. The van der Waals surface area contributed by atoms with Crippen LogP contribution in [0.3, 0.4) is 0 Å². The number of carbonyl (C=O) groups excluding carboxylic acids is 1. The smallest absolute Gasteiger partial charge is 0.223 e. The Morgan fingerprint density at radius 1 is 1.54 bits per heavy atom. The van der Waals surface area contributed by atoms with E-state index < -0.39 is 0 Å². The van der Waals surface area contributed by atoms with E-state index in [1.54, 1.807) is 0 Å². The first-order valence-electron chi connectivity index (χ1n) is 5.39. The summed E-state index contributed by atoms with van der Waals surface area (Å²) < 4.78 is 0. The first-order valence-corrected chi connectivity index (χ1v) is 5.39. The Labute approximate surface area is 80.1 Å². The lowest BCUT2D eigenvalue weighted by Gasteiger charge is -2.52. The molecule has 1 N–H and O–H groups in total. The van der Waals surface area contributed by atoms with Gasteiger partial charge in [-0.25, -0.2) is 0 Å². The lowest BCUT2D eigenvalue weighted by molar-refractivity contribution is -0.141. The highest BCUT2D eigenvalue weighted by molar-refractivity contribution is 5.81. The van der Waals surface area contributed by atoms with Crippen molar-refractivity contribution < 1.29 is 4.79 Å². The van der Waals surface area contributed by atoms with Crippen LogP contribution in [-0.4, -0.2) is 12.5 Å². The zero-order chi connectivity index (χ0) is 9.47. The molecule has 1 amide bonds. The summed E-state index contributed by atoms with van der Waals surface area (Å²) in [5.41, 5.74) is 0.503. The predicted molar refractivity (Wildman–Crippen MR) is 52.2 cm³/mol. The molecule has 3 fully saturated rings. The number of rotatable bonds is 3. The Kier molecular flexibility index (Phi) is 2.09. The summed E-state index contributed by atoms with van der Waals surface area (Å²) in [6.45, 7) is 5.48. The maximum absolute atomic E-state index is 11.2. The van der Waals surface area contributed by atoms with Crippen molar-refractivity contribution in [1.82, 2.24) is 5.32 Å². The number of fused-ring (bicyclic) bond motifs is 2. The van der Waals surface area contributed by atoms with Gasteiger partial charge in [0.1, 0.15) is 0 Å². The third-order valence-electron chi connectivity index (χ3n) is 3.62. The van der Waals surface area contributed by atoms with Crippen molar-refractivity contribution in [1.29, 1.82) is 0 Å². The SMILES string of the molecule is CC(C)CCC12CNC(=O)C(C1)C2. The van der Waals surface area contributed by atoms with Crippen molar-refractivity contribution in [3.05, 3.63) is 0 Å². The lowest BCUT2D eigenvalue weighted by atomic mass is 9.57. The molecular formula is C11H19NO. The Morgan fingerprint density at radius 2 is 2.23 bits per heavy atom. The molecule has 1 saturated carbocycles. The highest BCUT2D eigenvalue weighted by Crippen LogP contribution is 2.51. The average Bonchev–Trinajstić information content (AvgIpc) is 2.01. The minimum atomic E-state index is 0.298. The Balaban J connectivity index is 1.85. The Bertz CT molecular complexity index is 211. The van der Waals surface area contributed by atoms with Crippen molar-refractivity contribution >= 4 is 5.91 Å². The Hall–Kier alpha value is -0.530. The quantitative estimate of drug-likeness (QED) is 0.708. The zero-order valence-electron chi connectivity index (χ0n) is 8.60. The molecule has 1 aliphatic carbocycles. The second-order valence-corrected chi connectivity index (χ2v) is 5.26. The van der Waals surface area contributed by atoms with Gasteiger partial charge in [-0.05, 0) is 30.6 Å². The van der Waals surface area contributed by atoms with Crippen LogP contribution in [0, 0.1) is 17.3 Å². The van der Waals surface area contributed by atoms with E-state index in [-0.39, 0.29) is 0 Å². The molecule has 2 heteroatoms. The van der Waals surface area contributed by atoms with Gasteiger partial charge in [-0.1, -0.05) is 20.3 Å². The van der Waals surface area contributed by atoms with Crippen molar-refractivity contribution in [2.75, 3.05) is 6.54 Å². The van der Waals surface area contributed by atoms with E-state index in [0.29, 0.717) is 17.2 Å². The number of hydrogen-bond acceptors (Lipinski definition) is 1. The molecule has 0 unspecified atom stereocenters. The second-order valence-electron chi connectivity index (χ2n) is 5.26. The van der Waals surface area contributed by atoms with E-state index in [0.717, 1.165) is 25.3 Å². The third-order valence-corrected chi connectivity index (χ3v) is 3.62. The fraction of sp³-hybridized carbons (Fsp3) is 0.909.